The lowest BCUT2D eigenvalue weighted by Crippen LogP contribution is -2.02. The molecule has 4 nitrogen and oxygen atoms in total. The van der Waals surface area contributed by atoms with Gasteiger partial charge in [-0.2, -0.15) is 5.26 Å². The van der Waals surface area contributed by atoms with Crippen LogP contribution in [0, 0.1) is 11.3 Å². The number of thiazole rings is 1. The second-order valence-electron chi connectivity index (χ2n) is 5.35. The van der Waals surface area contributed by atoms with Crippen LogP contribution in [0.1, 0.15) is 9.88 Å². The Hall–Kier alpha value is -2.72. The second-order valence-corrected chi connectivity index (χ2v) is 7.63. The zero-order chi connectivity index (χ0) is 18.1. The number of rotatable bonds is 3. The Bertz CT molecular complexity index is 1230. The molecule has 0 saturated carbocycles. The van der Waals surface area contributed by atoms with Gasteiger partial charge in [0.1, 0.15) is 16.7 Å². The van der Waals surface area contributed by atoms with Gasteiger partial charge in [-0.05, 0) is 41.8 Å². The van der Waals surface area contributed by atoms with E-state index in [-0.39, 0.29) is 0 Å². The molecule has 0 radical (unpaired) electrons. The summed E-state index contributed by atoms with van der Waals surface area (Å²) in [5.74, 6) is 0. The number of nitriles is 1. The zero-order valence-corrected chi connectivity index (χ0v) is 15.5. The molecule has 0 fully saturated rings. The van der Waals surface area contributed by atoms with E-state index in [0.29, 0.717) is 32.4 Å². The second kappa shape index (κ2) is 6.89. The molecule has 0 aliphatic heterocycles. The minimum Gasteiger partial charge on any atom is -0.422 e. The molecule has 3 aromatic heterocycles. The highest BCUT2D eigenvalue weighted by Crippen LogP contribution is 2.28. The van der Waals surface area contributed by atoms with E-state index in [0.717, 1.165) is 10.3 Å². The van der Waals surface area contributed by atoms with Crippen LogP contribution in [-0.2, 0) is 0 Å². The average Bonchev–Trinajstić information content (AvgIpc) is 3.31. The molecule has 0 amide bonds. The summed E-state index contributed by atoms with van der Waals surface area (Å²) in [6.07, 6.45) is 1.79. The van der Waals surface area contributed by atoms with Crippen LogP contribution < -0.4 is 5.63 Å². The first-order valence-corrected chi connectivity index (χ1v) is 9.63. The van der Waals surface area contributed by atoms with E-state index in [4.69, 9.17) is 16.0 Å². The van der Waals surface area contributed by atoms with Gasteiger partial charge in [0.05, 0.1) is 16.8 Å². The van der Waals surface area contributed by atoms with Crippen molar-refractivity contribution in [2.45, 2.75) is 0 Å². The van der Waals surface area contributed by atoms with Gasteiger partial charge in [-0.3, -0.25) is 0 Å². The van der Waals surface area contributed by atoms with E-state index in [9.17, 15) is 10.1 Å². The molecular weight excluding hydrogens is 388 g/mol. The Morgan fingerprint density at radius 3 is 2.92 bits per heavy atom. The number of halogens is 1. The molecule has 0 aliphatic rings. The van der Waals surface area contributed by atoms with Crippen LogP contribution in [-0.4, -0.2) is 4.98 Å². The average molecular weight is 397 g/mol. The lowest BCUT2D eigenvalue weighted by molar-refractivity contribution is 0.563. The third-order valence-electron chi connectivity index (χ3n) is 3.66. The maximum absolute atomic E-state index is 12.3. The minimum absolute atomic E-state index is 0.343. The van der Waals surface area contributed by atoms with Crippen molar-refractivity contribution in [1.29, 1.82) is 5.26 Å². The van der Waals surface area contributed by atoms with Gasteiger partial charge < -0.3 is 4.42 Å². The number of aromatic nitrogens is 1. The van der Waals surface area contributed by atoms with Crippen LogP contribution in [0.25, 0.3) is 33.9 Å². The van der Waals surface area contributed by atoms with Gasteiger partial charge in [-0.1, -0.05) is 17.7 Å². The fourth-order valence-electron chi connectivity index (χ4n) is 2.45. The molecule has 0 atom stereocenters. The Labute approximate surface area is 161 Å². The fraction of sp³-hybridized carbons (Fsp3) is 0. The largest absolute Gasteiger partial charge is 0.422 e. The van der Waals surface area contributed by atoms with Gasteiger partial charge in [0.25, 0.3) is 0 Å². The van der Waals surface area contributed by atoms with Crippen molar-refractivity contribution < 1.29 is 4.42 Å². The maximum atomic E-state index is 12.3. The van der Waals surface area contributed by atoms with Crippen molar-refractivity contribution >= 4 is 56.9 Å². The van der Waals surface area contributed by atoms with E-state index in [1.165, 1.54) is 11.3 Å². The van der Waals surface area contributed by atoms with E-state index in [2.05, 4.69) is 11.1 Å². The lowest BCUT2D eigenvalue weighted by Gasteiger charge is -2.00. The Morgan fingerprint density at radius 2 is 2.15 bits per heavy atom. The summed E-state index contributed by atoms with van der Waals surface area (Å²) in [6, 6.07) is 12.8. The number of allylic oxidation sites excluding steroid dienone is 1. The molecule has 0 unspecified atom stereocenters. The highest BCUT2D eigenvalue weighted by Gasteiger charge is 2.14. The number of thiophene rings is 1. The smallest absolute Gasteiger partial charge is 0.345 e. The van der Waals surface area contributed by atoms with E-state index in [1.807, 2.05) is 17.5 Å². The topological polar surface area (TPSA) is 66.9 Å². The predicted molar refractivity (Wildman–Crippen MR) is 106 cm³/mol. The van der Waals surface area contributed by atoms with Gasteiger partial charge in [-0.15, -0.1) is 22.7 Å². The molecule has 1 aromatic carbocycles. The van der Waals surface area contributed by atoms with Crippen molar-refractivity contribution in [3.8, 4) is 17.3 Å². The zero-order valence-electron chi connectivity index (χ0n) is 13.1. The van der Waals surface area contributed by atoms with E-state index >= 15 is 0 Å². The van der Waals surface area contributed by atoms with Crippen molar-refractivity contribution in [1.82, 2.24) is 4.98 Å². The van der Waals surface area contributed by atoms with Gasteiger partial charge in [-0.25, -0.2) is 9.78 Å². The highest BCUT2D eigenvalue weighted by molar-refractivity contribution is 7.12. The molecular formula is C19H9ClN2O2S2. The maximum Gasteiger partial charge on any atom is 0.345 e. The summed E-state index contributed by atoms with van der Waals surface area (Å²) >= 11 is 8.87. The van der Waals surface area contributed by atoms with Gasteiger partial charge in [0.15, 0.2) is 0 Å². The number of hydrogen-bond donors (Lipinski definition) is 0. The molecule has 3 heterocycles. The summed E-state index contributed by atoms with van der Waals surface area (Å²) in [5.41, 5.74) is 1.27. The third kappa shape index (κ3) is 3.20. The monoisotopic (exact) mass is 396 g/mol. The molecule has 4 rings (SSSR count). The van der Waals surface area contributed by atoms with Crippen LogP contribution in [0.15, 0.2) is 56.4 Å². The Balaban J connectivity index is 1.79. The third-order valence-corrected chi connectivity index (χ3v) is 5.59. The quantitative estimate of drug-likeness (QED) is 0.329. The summed E-state index contributed by atoms with van der Waals surface area (Å²) in [4.78, 5) is 17.7. The van der Waals surface area contributed by atoms with Gasteiger partial charge in [0.2, 0.25) is 0 Å². The molecule has 126 valence electrons. The fourth-order valence-corrected chi connectivity index (χ4v) is 4.07. The van der Waals surface area contributed by atoms with Gasteiger partial charge >= 0.3 is 5.63 Å². The Kier molecular flexibility index (Phi) is 4.43. The van der Waals surface area contributed by atoms with Crippen LogP contribution in [0.3, 0.4) is 0 Å². The Morgan fingerprint density at radius 1 is 1.27 bits per heavy atom. The predicted octanol–water partition coefficient (Wildman–Crippen LogP) is 5.70. The van der Waals surface area contributed by atoms with Crippen molar-refractivity contribution in [2.75, 3.05) is 0 Å². The normalized spacial score (nSPS) is 11.6. The molecule has 7 heteroatoms. The highest BCUT2D eigenvalue weighted by atomic mass is 35.5. The lowest BCUT2D eigenvalue weighted by atomic mass is 10.1. The first-order valence-electron chi connectivity index (χ1n) is 7.49. The standard InChI is InChI=1S/C19H9ClN2O2S2/c20-13-3-4-17-11(6-13)8-15(19(23)24-17)16-10-26-18(22-16)12(9-21)7-14-2-1-5-25-14/h1-8,10H. The number of hydrogen-bond acceptors (Lipinski definition) is 6. The number of benzene rings is 1. The van der Waals surface area contributed by atoms with E-state index < -0.39 is 5.63 Å². The van der Waals surface area contributed by atoms with Crippen molar-refractivity contribution in [3.63, 3.8) is 0 Å². The van der Waals surface area contributed by atoms with Gasteiger partial charge in [0, 0.05) is 20.7 Å². The molecule has 0 spiro atoms. The summed E-state index contributed by atoms with van der Waals surface area (Å²) < 4.78 is 5.36. The van der Waals surface area contributed by atoms with Crippen LogP contribution in [0.5, 0.6) is 0 Å². The number of nitrogens with zero attached hydrogens (tertiary/aromatic N) is 2. The minimum atomic E-state index is -0.475. The molecule has 0 aliphatic carbocycles. The summed E-state index contributed by atoms with van der Waals surface area (Å²) in [6.45, 7) is 0. The molecule has 0 N–H and O–H groups in total. The van der Waals surface area contributed by atoms with Crippen molar-refractivity contribution in [3.05, 3.63) is 72.5 Å². The molecule has 0 saturated heterocycles. The van der Waals surface area contributed by atoms with E-state index in [1.54, 1.807) is 47.1 Å². The molecule has 4 aromatic rings. The van der Waals surface area contributed by atoms with Crippen LogP contribution in [0.4, 0.5) is 0 Å². The summed E-state index contributed by atoms with van der Waals surface area (Å²) in [5, 5.41) is 15.0. The first-order chi connectivity index (χ1) is 12.6. The first kappa shape index (κ1) is 16.7. The van der Waals surface area contributed by atoms with Crippen LogP contribution in [0.2, 0.25) is 5.02 Å². The molecule has 26 heavy (non-hydrogen) atoms. The number of fused-ring (bicyclic) bond motifs is 1. The molecule has 0 bridgehead atoms. The van der Waals surface area contributed by atoms with Crippen molar-refractivity contribution in [2.24, 2.45) is 0 Å². The van der Waals surface area contributed by atoms with Crippen LogP contribution >= 0.6 is 34.3 Å². The summed E-state index contributed by atoms with van der Waals surface area (Å²) in [7, 11) is 0. The SMILES string of the molecule is N#CC(=Cc1cccs1)c1nc(-c2cc3cc(Cl)ccc3oc2=O)cs1.